The molecule has 0 spiro atoms. The molecule has 0 unspecified atom stereocenters. The first-order chi connectivity index (χ1) is 13.2. The van der Waals surface area contributed by atoms with Gasteiger partial charge in [0.15, 0.2) is 0 Å². The van der Waals surface area contributed by atoms with Crippen molar-refractivity contribution in [3.63, 3.8) is 0 Å². The zero-order valence-electron chi connectivity index (χ0n) is 14.9. The third kappa shape index (κ3) is 3.81. The molecule has 1 aromatic carbocycles. The van der Waals surface area contributed by atoms with E-state index in [-0.39, 0.29) is 17.7 Å². The molecule has 7 heteroatoms. The summed E-state index contributed by atoms with van der Waals surface area (Å²) in [5.74, 6) is 0.0929. The lowest BCUT2D eigenvalue weighted by atomic mass is 9.97. The molecule has 1 saturated heterocycles. The largest absolute Gasteiger partial charge is 0.351 e. The van der Waals surface area contributed by atoms with Crippen molar-refractivity contribution in [1.29, 1.82) is 0 Å². The van der Waals surface area contributed by atoms with Gasteiger partial charge >= 0.3 is 0 Å². The van der Waals surface area contributed by atoms with Gasteiger partial charge < -0.3 is 15.2 Å². The van der Waals surface area contributed by atoms with Gasteiger partial charge in [-0.1, -0.05) is 18.2 Å². The minimum Gasteiger partial charge on any atom is -0.351 e. The number of hydrogen-bond acceptors (Lipinski definition) is 4. The number of nitrogens with zero attached hydrogens (tertiary/aromatic N) is 3. The smallest absolute Gasteiger partial charge is 0.267 e. The molecule has 0 radical (unpaired) electrons. The van der Waals surface area contributed by atoms with E-state index in [1.807, 2.05) is 35.2 Å². The van der Waals surface area contributed by atoms with Crippen molar-refractivity contribution in [1.82, 2.24) is 25.4 Å². The summed E-state index contributed by atoms with van der Waals surface area (Å²) in [4.78, 5) is 30.0. The number of carbonyl (C=O) groups excluding carboxylic acids is 2. The van der Waals surface area contributed by atoms with Crippen LogP contribution < -0.4 is 5.32 Å². The van der Waals surface area contributed by atoms with E-state index in [1.165, 1.54) is 12.4 Å². The molecule has 0 saturated carbocycles. The second kappa shape index (κ2) is 7.57. The molecule has 1 aliphatic heterocycles. The lowest BCUT2D eigenvalue weighted by Gasteiger charge is -2.32. The van der Waals surface area contributed by atoms with E-state index >= 15 is 0 Å². The van der Waals surface area contributed by atoms with Gasteiger partial charge in [0, 0.05) is 30.5 Å². The number of amides is 2. The Morgan fingerprint density at radius 3 is 2.93 bits per heavy atom. The fraction of sp³-hybridized carbons (Fsp3) is 0.300. The summed E-state index contributed by atoms with van der Waals surface area (Å²) in [7, 11) is 0. The van der Waals surface area contributed by atoms with Crippen molar-refractivity contribution in [3.8, 4) is 0 Å². The van der Waals surface area contributed by atoms with E-state index in [0.29, 0.717) is 24.3 Å². The molecule has 3 heterocycles. The van der Waals surface area contributed by atoms with Gasteiger partial charge in [0.25, 0.3) is 11.8 Å². The zero-order valence-corrected chi connectivity index (χ0v) is 14.9. The number of carbonyl (C=O) groups is 2. The number of rotatable bonds is 4. The van der Waals surface area contributed by atoms with Crippen LogP contribution in [0.25, 0.3) is 10.9 Å². The third-order valence-electron chi connectivity index (χ3n) is 4.96. The number of nitrogens with one attached hydrogen (secondary N) is 2. The van der Waals surface area contributed by atoms with Crippen molar-refractivity contribution in [2.45, 2.75) is 12.8 Å². The number of para-hydroxylation sites is 1. The first-order valence-corrected chi connectivity index (χ1v) is 9.12. The summed E-state index contributed by atoms with van der Waals surface area (Å²) in [5, 5.41) is 11.5. The van der Waals surface area contributed by atoms with Gasteiger partial charge in [-0.2, -0.15) is 10.2 Å². The van der Waals surface area contributed by atoms with Crippen LogP contribution in [0.4, 0.5) is 0 Å². The van der Waals surface area contributed by atoms with E-state index in [2.05, 4.69) is 20.5 Å². The topological polar surface area (TPSA) is 91.0 Å². The Morgan fingerprint density at radius 1 is 1.22 bits per heavy atom. The van der Waals surface area contributed by atoms with Crippen LogP contribution in [0, 0.1) is 5.92 Å². The standard InChI is InChI=1S/C20H21N5O2/c26-19(18-10-15-5-1-2-6-17(15)24-18)21-11-14-4-3-9-25(13-14)20(27)16-7-8-22-23-12-16/h1-2,5-8,10,12,14,24H,3-4,9,11,13H2,(H,21,26)/t14-/m0/s1. The number of piperidine rings is 1. The number of benzene rings is 1. The van der Waals surface area contributed by atoms with E-state index < -0.39 is 0 Å². The van der Waals surface area contributed by atoms with Crippen LogP contribution >= 0.6 is 0 Å². The zero-order chi connectivity index (χ0) is 18.6. The van der Waals surface area contributed by atoms with Gasteiger partial charge in [0.05, 0.1) is 18.0 Å². The highest BCUT2D eigenvalue weighted by atomic mass is 16.2. The van der Waals surface area contributed by atoms with E-state index in [4.69, 9.17) is 0 Å². The Kier molecular flexibility index (Phi) is 4.82. The SMILES string of the molecule is O=C(NC[C@@H]1CCCN(C(=O)c2ccnnc2)C1)c1cc2ccccc2[nH]1. The molecule has 1 aliphatic rings. The summed E-state index contributed by atoms with van der Waals surface area (Å²) in [6.07, 6.45) is 4.93. The van der Waals surface area contributed by atoms with Crippen LogP contribution in [0.1, 0.15) is 33.7 Å². The highest BCUT2D eigenvalue weighted by Gasteiger charge is 2.25. The lowest BCUT2D eigenvalue weighted by Crippen LogP contribution is -2.43. The summed E-state index contributed by atoms with van der Waals surface area (Å²) in [5.41, 5.74) is 2.05. The molecule has 2 amide bonds. The molecule has 7 nitrogen and oxygen atoms in total. The van der Waals surface area contributed by atoms with Crippen LogP contribution in [0.2, 0.25) is 0 Å². The number of fused-ring (bicyclic) bond motifs is 1. The summed E-state index contributed by atoms with van der Waals surface area (Å²) < 4.78 is 0. The number of hydrogen-bond donors (Lipinski definition) is 2. The van der Waals surface area contributed by atoms with Crippen molar-refractivity contribution >= 4 is 22.7 Å². The van der Waals surface area contributed by atoms with E-state index in [9.17, 15) is 9.59 Å². The van der Waals surface area contributed by atoms with Gasteiger partial charge in [-0.3, -0.25) is 9.59 Å². The molecule has 0 aliphatic carbocycles. The maximum atomic E-state index is 12.6. The molecular formula is C20H21N5O2. The Balaban J connectivity index is 1.35. The van der Waals surface area contributed by atoms with E-state index in [0.717, 1.165) is 30.3 Å². The molecule has 27 heavy (non-hydrogen) atoms. The fourth-order valence-corrected chi connectivity index (χ4v) is 3.54. The monoisotopic (exact) mass is 363 g/mol. The first-order valence-electron chi connectivity index (χ1n) is 9.12. The number of likely N-dealkylation sites (tertiary alicyclic amines) is 1. The van der Waals surface area contributed by atoms with Crippen LogP contribution in [-0.2, 0) is 0 Å². The predicted molar refractivity (Wildman–Crippen MR) is 101 cm³/mol. The predicted octanol–water partition coefficient (Wildman–Crippen LogP) is 2.24. The maximum Gasteiger partial charge on any atom is 0.267 e. The van der Waals surface area contributed by atoms with Crippen molar-refractivity contribution in [2.24, 2.45) is 5.92 Å². The van der Waals surface area contributed by atoms with Crippen LogP contribution in [0.15, 0.2) is 48.8 Å². The molecule has 138 valence electrons. The minimum absolute atomic E-state index is 0.0310. The van der Waals surface area contributed by atoms with Gasteiger partial charge in [-0.05, 0) is 37.0 Å². The fourth-order valence-electron chi connectivity index (χ4n) is 3.54. The Labute approximate surface area is 156 Å². The molecule has 2 aromatic heterocycles. The quantitative estimate of drug-likeness (QED) is 0.744. The Bertz CT molecular complexity index is 920. The Hall–Kier alpha value is -3.22. The number of H-pyrrole nitrogens is 1. The van der Waals surface area contributed by atoms with Gasteiger partial charge in [-0.25, -0.2) is 0 Å². The van der Waals surface area contributed by atoms with Gasteiger partial charge in [-0.15, -0.1) is 0 Å². The molecule has 4 rings (SSSR count). The first kappa shape index (κ1) is 17.2. The number of aromatic nitrogens is 3. The van der Waals surface area contributed by atoms with E-state index in [1.54, 1.807) is 6.07 Å². The molecule has 3 aromatic rings. The van der Waals surface area contributed by atoms with Gasteiger partial charge in [0.2, 0.25) is 0 Å². The average molecular weight is 363 g/mol. The highest BCUT2D eigenvalue weighted by Crippen LogP contribution is 2.19. The second-order valence-electron chi connectivity index (χ2n) is 6.87. The normalized spacial score (nSPS) is 17.0. The van der Waals surface area contributed by atoms with Gasteiger partial charge in [0.1, 0.15) is 5.69 Å². The highest BCUT2D eigenvalue weighted by molar-refractivity contribution is 5.98. The van der Waals surface area contributed by atoms with Crippen LogP contribution in [0.3, 0.4) is 0 Å². The molecule has 1 fully saturated rings. The summed E-state index contributed by atoms with van der Waals surface area (Å²) in [6, 6.07) is 11.3. The van der Waals surface area contributed by atoms with Crippen molar-refractivity contribution < 1.29 is 9.59 Å². The second-order valence-corrected chi connectivity index (χ2v) is 6.87. The third-order valence-corrected chi connectivity index (χ3v) is 4.96. The van der Waals surface area contributed by atoms with Crippen LogP contribution in [-0.4, -0.2) is 51.5 Å². The summed E-state index contributed by atoms with van der Waals surface area (Å²) in [6.45, 7) is 1.91. The molecule has 1 atom stereocenters. The maximum absolute atomic E-state index is 12.6. The number of aromatic amines is 1. The van der Waals surface area contributed by atoms with Crippen molar-refractivity contribution in [2.75, 3.05) is 19.6 Å². The minimum atomic E-state index is -0.118. The molecule has 0 bridgehead atoms. The molecule has 2 N–H and O–H groups in total. The average Bonchev–Trinajstić information content (AvgIpc) is 3.17. The van der Waals surface area contributed by atoms with Crippen molar-refractivity contribution in [3.05, 3.63) is 60.0 Å². The summed E-state index contributed by atoms with van der Waals surface area (Å²) >= 11 is 0. The molecular weight excluding hydrogens is 342 g/mol. The Morgan fingerprint density at radius 2 is 2.11 bits per heavy atom. The lowest BCUT2D eigenvalue weighted by molar-refractivity contribution is 0.0670. The van der Waals surface area contributed by atoms with Crippen LogP contribution in [0.5, 0.6) is 0 Å².